The maximum atomic E-state index is 5.63. The van der Waals surface area contributed by atoms with Crippen LogP contribution in [0.1, 0.15) is 24.7 Å². The van der Waals surface area contributed by atoms with Gasteiger partial charge in [-0.05, 0) is 39.7 Å². The Morgan fingerprint density at radius 1 is 1.41 bits per heavy atom. The molecule has 0 bridgehead atoms. The van der Waals surface area contributed by atoms with Crippen LogP contribution in [0.15, 0.2) is 16.7 Å². The van der Waals surface area contributed by atoms with Crippen molar-refractivity contribution in [3.05, 3.63) is 23.7 Å². The van der Waals surface area contributed by atoms with E-state index in [1.165, 1.54) is 0 Å². The number of rotatable bonds is 9. The van der Waals surface area contributed by atoms with Crippen molar-refractivity contribution in [2.75, 3.05) is 33.8 Å². The number of nitrogens with one attached hydrogen (secondary N) is 1. The molecule has 0 saturated heterocycles. The van der Waals surface area contributed by atoms with Crippen LogP contribution >= 0.6 is 0 Å². The van der Waals surface area contributed by atoms with Gasteiger partial charge < -0.3 is 19.4 Å². The Bertz CT molecular complexity index is 297. The number of ether oxygens (including phenoxy) is 1. The van der Waals surface area contributed by atoms with Crippen LogP contribution in [0.25, 0.3) is 0 Å². The Hall–Kier alpha value is -0.840. The molecule has 0 aromatic carbocycles. The van der Waals surface area contributed by atoms with Crippen LogP contribution in [0, 0.1) is 0 Å². The first-order valence-electron chi connectivity index (χ1n) is 6.22. The number of furan rings is 1. The molecule has 1 aromatic rings. The summed E-state index contributed by atoms with van der Waals surface area (Å²) in [7, 11) is 4.15. The molecular formula is C13H24N2O2. The first-order chi connectivity index (χ1) is 8.24. The Morgan fingerprint density at radius 2 is 2.24 bits per heavy atom. The minimum atomic E-state index is 0.644. The molecule has 0 aliphatic carbocycles. The predicted molar refractivity (Wildman–Crippen MR) is 68.9 cm³/mol. The second kappa shape index (κ2) is 8.28. The maximum absolute atomic E-state index is 5.63. The molecule has 0 aliphatic heterocycles. The van der Waals surface area contributed by atoms with Gasteiger partial charge in [0.1, 0.15) is 5.76 Å². The van der Waals surface area contributed by atoms with Crippen molar-refractivity contribution in [2.45, 2.75) is 26.5 Å². The van der Waals surface area contributed by atoms with Crippen LogP contribution in [0.3, 0.4) is 0 Å². The molecule has 0 aliphatic rings. The SMILES string of the molecule is CCNCc1occc1COCCCN(C)C. The van der Waals surface area contributed by atoms with Gasteiger partial charge in [-0.3, -0.25) is 0 Å². The van der Waals surface area contributed by atoms with E-state index in [1.807, 2.05) is 6.07 Å². The van der Waals surface area contributed by atoms with Gasteiger partial charge >= 0.3 is 0 Å². The van der Waals surface area contributed by atoms with E-state index >= 15 is 0 Å². The minimum Gasteiger partial charge on any atom is -0.468 e. The monoisotopic (exact) mass is 240 g/mol. The van der Waals surface area contributed by atoms with Gasteiger partial charge in [-0.1, -0.05) is 6.92 Å². The third kappa shape index (κ3) is 5.86. The van der Waals surface area contributed by atoms with Gasteiger partial charge in [-0.25, -0.2) is 0 Å². The van der Waals surface area contributed by atoms with Gasteiger partial charge in [0.15, 0.2) is 0 Å². The topological polar surface area (TPSA) is 37.6 Å². The van der Waals surface area contributed by atoms with E-state index in [0.29, 0.717) is 6.61 Å². The van der Waals surface area contributed by atoms with Gasteiger partial charge in [0.05, 0.1) is 19.4 Å². The Labute approximate surface area is 104 Å². The molecule has 17 heavy (non-hydrogen) atoms. The van der Waals surface area contributed by atoms with Gasteiger partial charge in [0.25, 0.3) is 0 Å². The molecule has 0 saturated carbocycles. The van der Waals surface area contributed by atoms with Crippen molar-refractivity contribution < 1.29 is 9.15 Å². The molecule has 0 spiro atoms. The van der Waals surface area contributed by atoms with Crippen molar-refractivity contribution in [2.24, 2.45) is 0 Å². The molecule has 4 nitrogen and oxygen atoms in total. The van der Waals surface area contributed by atoms with Crippen LogP contribution in [-0.2, 0) is 17.9 Å². The van der Waals surface area contributed by atoms with Crippen LogP contribution in [-0.4, -0.2) is 38.7 Å². The van der Waals surface area contributed by atoms with Crippen molar-refractivity contribution in [1.29, 1.82) is 0 Å². The summed E-state index contributed by atoms with van der Waals surface area (Å²) < 4.78 is 11.0. The highest BCUT2D eigenvalue weighted by Gasteiger charge is 2.05. The minimum absolute atomic E-state index is 0.644. The molecule has 1 aromatic heterocycles. The molecule has 0 radical (unpaired) electrons. The molecule has 1 rings (SSSR count). The maximum Gasteiger partial charge on any atom is 0.123 e. The highest BCUT2D eigenvalue weighted by molar-refractivity contribution is 5.15. The van der Waals surface area contributed by atoms with Crippen molar-refractivity contribution in [3.8, 4) is 0 Å². The molecule has 1 N–H and O–H groups in total. The molecule has 0 unspecified atom stereocenters. The summed E-state index contributed by atoms with van der Waals surface area (Å²) in [6.07, 6.45) is 2.79. The van der Waals surface area contributed by atoms with E-state index in [1.54, 1.807) is 6.26 Å². The number of hydrogen-bond donors (Lipinski definition) is 1. The fourth-order valence-electron chi connectivity index (χ4n) is 1.55. The lowest BCUT2D eigenvalue weighted by atomic mass is 10.2. The third-order valence-corrected chi connectivity index (χ3v) is 2.52. The largest absolute Gasteiger partial charge is 0.468 e. The average molecular weight is 240 g/mol. The zero-order valence-corrected chi connectivity index (χ0v) is 11.2. The second-order valence-electron chi connectivity index (χ2n) is 4.36. The normalized spacial score (nSPS) is 11.3. The number of nitrogens with zero attached hydrogens (tertiary/aromatic N) is 1. The lowest BCUT2D eigenvalue weighted by Gasteiger charge is -2.09. The van der Waals surface area contributed by atoms with Gasteiger partial charge in [-0.15, -0.1) is 0 Å². The zero-order chi connectivity index (χ0) is 12.5. The van der Waals surface area contributed by atoms with Crippen molar-refractivity contribution >= 4 is 0 Å². The highest BCUT2D eigenvalue weighted by atomic mass is 16.5. The zero-order valence-electron chi connectivity index (χ0n) is 11.2. The molecule has 98 valence electrons. The molecular weight excluding hydrogens is 216 g/mol. The van der Waals surface area contributed by atoms with Gasteiger partial charge in [0.2, 0.25) is 0 Å². The van der Waals surface area contributed by atoms with Crippen LogP contribution < -0.4 is 5.32 Å². The summed E-state index contributed by atoms with van der Waals surface area (Å²) in [6, 6.07) is 1.98. The molecule has 0 fully saturated rings. The average Bonchev–Trinajstić information content (AvgIpc) is 2.73. The van der Waals surface area contributed by atoms with Crippen molar-refractivity contribution in [3.63, 3.8) is 0 Å². The molecule has 1 heterocycles. The number of hydrogen-bond acceptors (Lipinski definition) is 4. The molecule has 0 amide bonds. The summed E-state index contributed by atoms with van der Waals surface area (Å²) >= 11 is 0. The Morgan fingerprint density at radius 3 is 2.94 bits per heavy atom. The summed E-state index contributed by atoms with van der Waals surface area (Å²) in [5, 5.41) is 3.25. The fourth-order valence-corrected chi connectivity index (χ4v) is 1.55. The van der Waals surface area contributed by atoms with Crippen LogP contribution in [0.4, 0.5) is 0 Å². The van der Waals surface area contributed by atoms with E-state index in [0.717, 1.165) is 44.0 Å². The Kier molecular flexibility index (Phi) is 6.93. The third-order valence-electron chi connectivity index (χ3n) is 2.52. The first-order valence-corrected chi connectivity index (χ1v) is 6.22. The molecule has 0 atom stereocenters. The summed E-state index contributed by atoms with van der Waals surface area (Å²) in [4.78, 5) is 2.16. The van der Waals surface area contributed by atoms with Gasteiger partial charge in [-0.2, -0.15) is 0 Å². The lowest BCUT2D eigenvalue weighted by Crippen LogP contribution is -2.15. The predicted octanol–water partition coefficient (Wildman–Crippen LogP) is 1.86. The van der Waals surface area contributed by atoms with E-state index in [9.17, 15) is 0 Å². The second-order valence-corrected chi connectivity index (χ2v) is 4.36. The Balaban J connectivity index is 2.19. The smallest absolute Gasteiger partial charge is 0.123 e. The van der Waals surface area contributed by atoms with Crippen LogP contribution in [0.2, 0.25) is 0 Å². The van der Waals surface area contributed by atoms with Crippen LogP contribution in [0.5, 0.6) is 0 Å². The molecule has 4 heteroatoms. The quantitative estimate of drug-likeness (QED) is 0.669. The first kappa shape index (κ1) is 14.2. The lowest BCUT2D eigenvalue weighted by molar-refractivity contribution is 0.112. The van der Waals surface area contributed by atoms with Gasteiger partial charge in [0, 0.05) is 12.2 Å². The highest BCUT2D eigenvalue weighted by Crippen LogP contribution is 2.11. The summed E-state index contributed by atoms with van der Waals surface area (Å²) in [5.41, 5.74) is 1.15. The fraction of sp³-hybridized carbons (Fsp3) is 0.692. The summed E-state index contributed by atoms with van der Waals surface area (Å²) in [5.74, 6) is 0.986. The van der Waals surface area contributed by atoms with E-state index < -0.39 is 0 Å². The van der Waals surface area contributed by atoms with E-state index in [2.05, 4.69) is 31.2 Å². The standard InChI is InChI=1S/C13H24N2O2/c1-4-14-10-13-12(6-9-17-13)11-16-8-5-7-15(2)3/h6,9,14H,4-5,7-8,10-11H2,1-3H3. The van der Waals surface area contributed by atoms with E-state index in [-0.39, 0.29) is 0 Å². The summed E-state index contributed by atoms with van der Waals surface area (Å²) in [6.45, 7) is 6.31. The van der Waals surface area contributed by atoms with E-state index in [4.69, 9.17) is 9.15 Å². The van der Waals surface area contributed by atoms with Crippen molar-refractivity contribution in [1.82, 2.24) is 10.2 Å².